The summed E-state index contributed by atoms with van der Waals surface area (Å²) in [5, 5.41) is 11.4. The number of carbonyl (C=O) groups excluding carboxylic acids is 2. The van der Waals surface area contributed by atoms with Crippen LogP contribution in [-0.4, -0.2) is 23.5 Å². The van der Waals surface area contributed by atoms with E-state index in [1.54, 1.807) is 42.6 Å². The van der Waals surface area contributed by atoms with Crippen LogP contribution in [0.2, 0.25) is 0 Å². The predicted molar refractivity (Wildman–Crippen MR) is 70.9 cm³/mol. The molecule has 2 rings (SSSR count). The SMILES string of the molecule is N#Cc1ccccc1NC(=O)COC(=O)c1ccc[nH]1. The molecule has 0 aliphatic carbocycles. The van der Waals surface area contributed by atoms with E-state index in [1.165, 1.54) is 0 Å². The maximum absolute atomic E-state index is 11.6. The molecule has 0 aliphatic rings. The monoisotopic (exact) mass is 269 g/mol. The fourth-order valence-electron chi connectivity index (χ4n) is 1.54. The first-order valence-electron chi connectivity index (χ1n) is 5.80. The van der Waals surface area contributed by atoms with Gasteiger partial charge in [-0.15, -0.1) is 0 Å². The standard InChI is InChI=1S/C14H11N3O3/c15-8-10-4-1-2-5-11(10)17-13(18)9-20-14(19)12-6-3-7-16-12/h1-7,16H,9H2,(H,17,18). The maximum atomic E-state index is 11.6. The second-order valence-corrected chi connectivity index (χ2v) is 3.87. The van der Waals surface area contributed by atoms with Crippen molar-refractivity contribution in [3.8, 4) is 6.07 Å². The Kier molecular flexibility index (Phi) is 4.14. The van der Waals surface area contributed by atoms with Crippen LogP contribution in [0.25, 0.3) is 0 Å². The summed E-state index contributed by atoms with van der Waals surface area (Å²) in [5.74, 6) is -1.12. The van der Waals surface area contributed by atoms with Gasteiger partial charge < -0.3 is 15.0 Å². The molecule has 6 nitrogen and oxygen atoms in total. The van der Waals surface area contributed by atoms with Gasteiger partial charge in [-0.3, -0.25) is 4.79 Å². The Labute approximate surface area is 115 Å². The molecule has 1 aromatic heterocycles. The molecule has 1 aromatic carbocycles. The normalized spacial score (nSPS) is 9.55. The number of rotatable bonds is 4. The average molecular weight is 269 g/mol. The number of nitrogens with zero attached hydrogens (tertiary/aromatic N) is 1. The Hall–Kier alpha value is -3.07. The third-order valence-electron chi connectivity index (χ3n) is 2.47. The van der Waals surface area contributed by atoms with Crippen LogP contribution in [-0.2, 0) is 9.53 Å². The van der Waals surface area contributed by atoms with E-state index in [4.69, 9.17) is 10.00 Å². The van der Waals surface area contributed by atoms with Crippen LogP contribution >= 0.6 is 0 Å². The Balaban J connectivity index is 1.90. The van der Waals surface area contributed by atoms with Crippen molar-refractivity contribution in [2.24, 2.45) is 0 Å². The van der Waals surface area contributed by atoms with Gasteiger partial charge in [0.25, 0.3) is 5.91 Å². The van der Waals surface area contributed by atoms with Crippen molar-refractivity contribution in [2.45, 2.75) is 0 Å². The van der Waals surface area contributed by atoms with Gasteiger partial charge in [-0.25, -0.2) is 4.79 Å². The molecule has 0 spiro atoms. The molecule has 0 saturated heterocycles. The zero-order valence-electron chi connectivity index (χ0n) is 10.4. The van der Waals surface area contributed by atoms with E-state index in [9.17, 15) is 9.59 Å². The number of hydrogen-bond donors (Lipinski definition) is 2. The van der Waals surface area contributed by atoms with E-state index >= 15 is 0 Å². The van der Waals surface area contributed by atoms with Crippen molar-refractivity contribution >= 4 is 17.6 Å². The number of esters is 1. The zero-order chi connectivity index (χ0) is 14.4. The fraction of sp³-hybridized carbons (Fsp3) is 0.0714. The Morgan fingerprint density at radius 2 is 2.05 bits per heavy atom. The largest absolute Gasteiger partial charge is 0.451 e. The summed E-state index contributed by atoms with van der Waals surface area (Å²) in [6.07, 6.45) is 1.58. The summed E-state index contributed by atoms with van der Waals surface area (Å²) in [6.45, 7) is -0.419. The van der Waals surface area contributed by atoms with Gasteiger partial charge in [-0.1, -0.05) is 12.1 Å². The topological polar surface area (TPSA) is 95.0 Å². The summed E-state index contributed by atoms with van der Waals surface area (Å²) in [7, 11) is 0. The molecule has 0 unspecified atom stereocenters. The lowest BCUT2D eigenvalue weighted by Crippen LogP contribution is -2.21. The van der Waals surface area contributed by atoms with Crippen molar-refractivity contribution in [3.05, 3.63) is 53.9 Å². The number of hydrogen-bond acceptors (Lipinski definition) is 4. The highest BCUT2D eigenvalue weighted by molar-refractivity contribution is 5.95. The van der Waals surface area contributed by atoms with Gasteiger partial charge in [0, 0.05) is 6.20 Å². The Morgan fingerprint density at radius 1 is 1.25 bits per heavy atom. The first-order chi connectivity index (χ1) is 9.70. The van der Waals surface area contributed by atoms with Gasteiger partial charge in [0.1, 0.15) is 11.8 Å². The van der Waals surface area contributed by atoms with Crippen LogP contribution in [0.3, 0.4) is 0 Å². The van der Waals surface area contributed by atoms with Crippen LogP contribution in [0.5, 0.6) is 0 Å². The van der Waals surface area contributed by atoms with E-state index in [2.05, 4.69) is 10.3 Å². The van der Waals surface area contributed by atoms with Crippen LogP contribution in [0.1, 0.15) is 16.1 Å². The fourth-order valence-corrected chi connectivity index (χ4v) is 1.54. The number of ether oxygens (including phenoxy) is 1. The minimum Gasteiger partial charge on any atom is -0.451 e. The van der Waals surface area contributed by atoms with Crippen molar-refractivity contribution in [3.63, 3.8) is 0 Å². The number of H-pyrrole nitrogens is 1. The molecular formula is C14H11N3O3. The summed E-state index contributed by atoms with van der Waals surface area (Å²) in [5.41, 5.74) is 1.00. The maximum Gasteiger partial charge on any atom is 0.355 e. The molecule has 1 amide bonds. The van der Waals surface area contributed by atoms with Crippen LogP contribution < -0.4 is 5.32 Å². The van der Waals surface area contributed by atoms with Crippen molar-refractivity contribution in [2.75, 3.05) is 11.9 Å². The van der Waals surface area contributed by atoms with Crippen molar-refractivity contribution in [1.29, 1.82) is 5.26 Å². The third-order valence-corrected chi connectivity index (χ3v) is 2.47. The molecule has 0 radical (unpaired) electrons. The molecule has 0 saturated carbocycles. The zero-order valence-corrected chi connectivity index (χ0v) is 10.4. The van der Waals surface area contributed by atoms with Crippen molar-refractivity contribution < 1.29 is 14.3 Å². The average Bonchev–Trinajstić information content (AvgIpc) is 2.99. The minimum atomic E-state index is -0.612. The van der Waals surface area contributed by atoms with E-state index in [1.807, 2.05) is 6.07 Å². The molecule has 0 bridgehead atoms. The van der Waals surface area contributed by atoms with E-state index in [0.717, 1.165) is 0 Å². The van der Waals surface area contributed by atoms with Gasteiger partial charge in [0.2, 0.25) is 0 Å². The smallest absolute Gasteiger partial charge is 0.355 e. The van der Waals surface area contributed by atoms with E-state index in [0.29, 0.717) is 11.3 Å². The predicted octanol–water partition coefficient (Wildman–Crippen LogP) is 1.68. The summed E-state index contributed by atoms with van der Waals surface area (Å²) in [6, 6.07) is 11.7. The molecule has 1 heterocycles. The van der Waals surface area contributed by atoms with Crippen LogP contribution in [0.15, 0.2) is 42.6 Å². The van der Waals surface area contributed by atoms with Crippen molar-refractivity contribution in [1.82, 2.24) is 4.98 Å². The second kappa shape index (κ2) is 6.20. The number of aromatic nitrogens is 1. The van der Waals surface area contributed by atoms with Gasteiger partial charge in [-0.2, -0.15) is 5.26 Å². The summed E-state index contributed by atoms with van der Waals surface area (Å²) < 4.78 is 4.83. The lowest BCUT2D eigenvalue weighted by Gasteiger charge is -2.07. The number of nitrogens with one attached hydrogen (secondary N) is 2. The lowest BCUT2D eigenvalue weighted by molar-refractivity contribution is -0.119. The summed E-state index contributed by atoms with van der Waals surface area (Å²) >= 11 is 0. The highest BCUT2D eigenvalue weighted by Crippen LogP contribution is 2.13. The lowest BCUT2D eigenvalue weighted by atomic mass is 10.2. The molecule has 0 aliphatic heterocycles. The number of carbonyl (C=O) groups is 2. The number of amides is 1. The Morgan fingerprint density at radius 3 is 2.75 bits per heavy atom. The Bertz CT molecular complexity index is 657. The van der Waals surface area contributed by atoms with Gasteiger partial charge in [0.15, 0.2) is 6.61 Å². The molecule has 20 heavy (non-hydrogen) atoms. The number of anilines is 1. The summed E-state index contributed by atoms with van der Waals surface area (Å²) in [4.78, 5) is 25.8. The van der Waals surface area contributed by atoms with E-state index < -0.39 is 18.5 Å². The molecule has 2 N–H and O–H groups in total. The number of aromatic amines is 1. The number of nitriles is 1. The molecule has 100 valence electrons. The van der Waals surface area contributed by atoms with Gasteiger partial charge >= 0.3 is 5.97 Å². The van der Waals surface area contributed by atoms with Crippen LogP contribution in [0.4, 0.5) is 5.69 Å². The molecule has 0 atom stereocenters. The third kappa shape index (κ3) is 3.23. The van der Waals surface area contributed by atoms with E-state index in [-0.39, 0.29) is 5.69 Å². The van der Waals surface area contributed by atoms with Gasteiger partial charge in [0.05, 0.1) is 11.3 Å². The number of benzene rings is 1. The van der Waals surface area contributed by atoms with Crippen LogP contribution in [0, 0.1) is 11.3 Å². The first-order valence-corrected chi connectivity index (χ1v) is 5.80. The molecular weight excluding hydrogens is 258 g/mol. The minimum absolute atomic E-state index is 0.273. The first kappa shape index (κ1) is 13.4. The molecule has 2 aromatic rings. The number of para-hydroxylation sites is 1. The van der Waals surface area contributed by atoms with Gasteiger partial charge in [-0.05, 0) is 24.3 Å². The highest BCUT2D eigenvalue weighted by Gasteiger charge is 2.11. The second-order valence-electron chi connectivity index (χ2n) is 3.87. The molecule has 6 heteroatoms. The highest BCUT2D eigenvalue weighted by atomic mass is 16.5. The quantitative estimate of drug-likeness (QED) is 0.825. The molecule has 0 fully saturated rings.